The van der Waals surface area contributed by atoms with Crippen molar-refractivity contribution in [3.8, 4) is 22.8 Å². The highest BCUT2D eigenvalue weighted by molar-refractivity contribution is 5.93. The van der Waals surface area contributed by atoms with E-state index in [0.717, 1.165) is 25.9 Å². The average Bonchev–Trinajstić information content (AvgIpc) is 3.10. The standard InChI is InChI=1S/C18H22N2O4/c1-12-5-4-8-20(11-12)18(21)15-10-17(24-19-15)14-9-13(22-2)6-7-16(14)23-3/h6-7,9-10,12H,4-5,8,11H2,1-3H3. The second-order valence-corrected chi connectivity index (χ2v) is 6.14. The molecule has 1 atom stereocenters. The highest BCUT2D eigenvalue weighted by Crippen LogP contribution is 2.34. The van der Waals surface area contributed by atoms with Crippen molar-refractivity contribution in [1.29, 1.82) is 0 Å². The summed E-state index contributed by atoms with van der Waals surface area (Å²) >= 11 is 0. The third-order valence-corrected chi connectivity index (χ3v) is 4.35. The molecule has 0 N–H and O–H groups in total. The molecule has 0 saturated carbocycles. The van der Waals surface area contributed by atoms with Crippen molar-refractivity contribution in [2.45, 2.75) is 19.8 Å². The van der Waals surface area contributed by atoms with Crippen LogP contribution in [0.1, 0.15) is 30.3 Å². The number of amides is 1. The van der Waals surface area contributed by atoms with Gasteiger partial charge in [0.15, 0.2) is 11.5 Å². The van der Waals surface area contributed by atoms with Gasteiger partial charge in [-0.05, 0) is 37.0 Å². The number of ether oxygens (including phenoxy) is 2. The van der Waals surface area contributed by atoms with Gasteiger partial charge in [-0.15, -0.1) is 0 Å². The summed E-state index contributed by atoms with van der Waals surface area (Å²) in [5, 5.41) is 3.96. The van der Waals surface area contributed by atoms with Crippen LogP contribution in [-0.4, -0.2) is 43.3 Å². The molecule has 0 radical (unpaired) electrons. The molecule has 24 heavy (non-hydrogen) atoms. The van der Waals surface area contributed by atoms with Crippen LogP contribution in [0, 0.1) is 5.92 Å². The summed E-state index contributed by atoms with van der Waals surface area (Å²) in [7, 11) is 3.18. The number of likely N-dealkylation sites (tertiary alicyclic amines) is 1. The minimum Gasteiger partial charge on any atom is -0.497 e. The molecule has 0 bridgehead atoms. The third kappa shape index (κ3) is 3.22. The zero-order chi connectivity index (χ0) is 17.1. The lowest BCUT2D eigenvalue weighted by Crippen LogP contribution is -2.39. The van der Waals surface area contributed by atoms with Gasteiger partial charge in [-0.25, -0.2) is 0 Å². The molecule has 0 aliphatic carbocycles. The van der Waals surface area contributed by atoms with Gasteiger partial charge in [-0.2, -0.15) is 0 Å². The van der Waals surface area contributed by atoms with Crippen LogP contribution in [-0.2, 0) is 0 Å². The van der Waals surface area contributed by atoms with E-state index in [9.17, 15) is 4.79 Å². The fourth-order valence-electron chi connectivity index (χ4n) is 3.05. The Labute approximate surface area is 141 Å². The molecule has 6 nitrogen and oxygen atoms in total. The lowest BCUT2D eigenvalue weighted by Gasteiger charge is -2.30. The molecule has 1 fully saturated rings. The van der Waals surface area contributed by atoms with Gasteiger partial charge in [0.1, 0.15) is 11.5 Å². The Morgan fingerprint density at radius 2 is 2.12 bits per heavy atom. The Kier molecular flexibility index (Phi) is 4.74. The second-order valence-electron chi connectivity index (χ2n) is 6.14. The van der Waals surface area contributed by atoms with Gasteiger partial charge in [0.05, 0.1) is 19.8 Å². The summed E-state index contributed by atoms with van der Waals surface area (Å²) in [6, 6.07) is 7.07. The van der Waals surface area contributed by atoms with Crippen molar-refractivity contribution in [3.05, 3.63) is 30.0 Å². The van der Waals surface area contributed by atoms with Gasteiger partial charge >= 0.3 is 0 Å². The number of benzene rings is 1. The molecule has 1 saturated heterocycles. The van der Waals surface area contributed by atoms with Crippen molar-refractivity contribution < 1.29 is 18.8 Å². The smallest absolute Gasteiger partial charge is 0.276 e. The van der Waals surface area contributed by atoms with Crippen LogP contribution in [0.15, 0.2) is 28.8 Å². The number of piperidine rings is 1. The Balaban J connectivity index is 1.86. The number of hydrogen-bond donors (Lipinski definition) is 0. The first kappa shape index (κ1) is 16.4. The van der Waals surface area contributed by atoms with Crippen LogP contribution < -0.4 is 9.47 Å². The van der Waals surface area contributed by atoms with Gasteiger partial charge in [-0.3, -0.25) is 4.79 Å². The number of carbonyl (C=O) groups is 1. The lowest BCUT2D eigenvalue weighted by molar-refractivity contribution is 0.0672. The van der Waals surface area contributed by atoms with Crippen molar-refractivity contribution in [2.75, 3.05) is 27.3 Å². The maximum atomic E-state index is 12.6. The molecule has 1 aromatic heterocycles. The van der Waals surface area contributed by atoms with E-state index in [1.165, 1.54) is 0 Å². The van der Waals surface area contributed by atoms with Crippen LogP contribution in [0.2, 0.25) is 0 Å². The molecule has 6 heteroatoms. The van der Waals surface area contributed by atoms with Gasteiger partial charge in [0.2, 0.25) is 0 Å². The lowest BCUT2D eigenvalue weighted by atomic mass is 10.00. The second kappa shape index (κ2) is 6.95. The van der Waals surface area contributed by atoms with E-state index in [1.807, 2.05) is 4.90 Å². The summed E-state index contributed by atoms with van der Waals surface area (Å²) in [5.41, 5.74) is 1.03. The first-order chi connectivity index (χ1) is 11.6. The number of nitrogens with zero attached hydrogens (tertiary/aromatic N) is 2. The molecule has 128 valence electrons. The fourth-order valence-corrected chi connectivity index (χ4v) is 3.05. The number of aromatic nitrogens is 1. The predicted molar refractivity (Wildman–Crippen MR) is 89.3 cm³/mol. The Bertz CT molecular complexity index is 726. The number of hydrogen-bond acceptors (Lipinski definition) is 5. The monoisotopic (exact) mass is 330 g/mol. The largest absolute Gasteiger partial charge is 0.497 e. The van der Waals surface area contributed by atoms with Gasteiger partial charge < -0.3 is 18.9 Å². The Morgan fingerprint density at radius 1 is 1.29 bits per heavy atom. The first-order valence-corrected chi connectivity index (χ1v) is 8.10. The normalized spacial score (nSPS) is 17.6. The molecule has 3 rings (SSSR count). The van der Waals surface area contributed by atoms with Crippen molar-refractivity contribution in [2.24, 2.45) is 5.92 Å². The van der Waals surface area contributed by atoms with Gasteiger partial charge in [0, 0.05) is 19.2 Å². The highest BCUT2D eigenvalue weighted by Gasteiger charge is 2.25. The van der Waals surface area contributed by atoms with E-state index >= 15 is 0 Å². The van der Waals surface area contributed by atoms with Crippen LogP contribution >= 0.6 is 0 Å². The molecule has 2 aromatic rings. The summed E-state index contributed by atoms with van der Waals surface area (Å²) in [6.07, 6.45) is 2.19. The predicted octanol–water partition coefficient (Wildman–Crippen LogP) is 3.23. The van der Waals surface area contributed by atoms with Crippen LogP contribution in [0.25, 0.3) is 11.3 Å². The minimum atomic E-state index is -0.0848. The zero-order valence-electron chi connectivity index (χ0n) is 14.2. The molecular weight excluding hydrogens is 308 g/mol. The first-order valence-electron chi connectivity index (χ1n) is 8.10. The number of carbonyl (C=O) groups excluding carboxylic acids is 1. The molecule has 1 aromatic carbocycles. The molecule has 1 aliphatic heterocycles. The molecule has 0 spiro atoms. The summed E-state index contributed by atoms with van der Waals surface area (Å²) < 4.78 is 16.0. The van der Waals surface area contributed by atoms with E-state index in [1.54, 1.807) is 38.5 Å². The van der Waals surface area contributed by atoms with E-state index in [0.29, 0.717) is 34.4 Å². The topological polar surface area (TPSA) is 64.8 Å². The summed E-state index contributed by atoms with van der Waals surface area (Å²) in [6.45, 7) is 3.70. The van der Waals surface area contributed by atoms with Gasteiger partial charge in [0.25, 0.3) is 5.91 Å². The maximum absolute atomic E-state index is 12.6. The third-order valence-electron chi connectivity index (χ3n) is 4.35. The molecule has 1 aliphatic rings. The average molecular weight is 330 g/mol. The van der Waals surface area contributed by atoms with Gasteiger partial charge in [-0.1, -0.05) is 12.1 Å². The Hall–Kier alpha value is -2.50. The molecular formula is C18H22N2O4. The summed E-state index contributed by atoms with van der Waals surface area (Å²) in [5.74, 6) is 2.24. The molecule has 1 amide bonds. The maximum Gasteiger partial charge on any atom is 0.276 e. The zero-order valence-corrected chi connectivity index (χ0v) is 14.2. The van der Waals surface area contributed by atoms with E-state index in [2.05, 4.69) is 12.1 Å². The SMILES string of the molecule is COc1ccc(OC)c(-c2cc(C(=O)N3CCCC(C)C3)no2)c1. The van der Waals surface area contributed by atoms with Crippen LogP contribution in [0.5, 0.6) is 11.5 Å². The van der Waals surface area contributed by atoms with Crippen molar-refractivity contribution in [3.63, 3.8) is 0 Å². The van der Waals surface area contributed by atoms with E-state index in [-0.39, 0.29) is 5.91 Å². The van der Waals surface area contributed by atoms with E-state index in [4.69, 9.17) is 14.0 Å². The fraction of sp³-hybridized carbons (Fsp3) is 0.444. The van der Waals surface area contributed by atoms with Crippen molar-refractivity contribution in [1.82, 2.24) is 10.1 Å². The quantitative estimate of drug-likeness (QED) is 0.861. The highest BCUT2D eigenvalue weighted by atomic mass is 16.5. The van der Waals surface area contributed by atoms with E-state index < -0.39 is 0 Å². The van der Waals surface area contributed by atoms with Crippen molar-refractivity contribution >= 4 is 5.91 Å². The Morgan fingerprint density at radius 3 is 2.83 bits per heavy atom. The number of methoxy groups -OCH3 is 2. The molecule has 1 unspecified atom stereocenters. The van der Waals surface area contributed by atoms with Crippen LogP contribution in [0.3, 0.4) is 0 Å². The van der Waals surface area contributed by atoms with Crippen LogP contribution in [0.4, 0.5) is 0 Å². The minimum absolute atomic E-state index is 0.0848. The summed E-state index contributed by atoms with van der Waals surface area (Å²) in [4.78, 5) is 14.5. The molecule has 2 heterocycles. The number of rotatable bonds is 4.